The van der Waals surface area contributed by atoms with Gasteiger partial charge in [0.05, 0.1) is 6.54 Å². The van der Waals surface area contributed by atoms with Gasteiger partial charge in [-0.15, -0.1) is 0 Å². The molecule has 6 nitrogen and oxygen atoms in total. The van der Waals surface area contributed by atoms with Gasteiger partial charge in [-0.2, -0.15) is 0 Å². The van der Waals surface area contributed by atoms with Gasteiger partial charge in [0.2, 0.25) is 0 Å². The van der Waals surface area contributed by atoms with Crippen LogP contribution in [-0.2, 0) is 11.3 Å². The van der Waals surface area contributed by atoms with Crippen LogP contribution in [0.2, 0.25) is 0 Å². The van der Waals surface area contributed by atoms with Crippen LogP contribution >= 0.6 is 12.2 Å². The maximum Gasteiger partial charge on any atom is 0.323 e. The monoisotopic (exact) mass is 368 g/mol. The third-order valence-corrected chi connectivity index (χ3v) is 4.36. The van der Waals surface area contributed by atoms with E-state index in [1.165, 1.54) is 4.90 Å². The highest BCUT2D eigenvalue weighted by atomic mass is 32.1. The Morgan fingerprint density at radius 1 is 1.15 bits per heavy atom. The van der Waals surface area contributed by atoms with Crippen molar-refractivity contribution in [3.63, 3.8) is 0 Å². The minimum Gasteiger partial charge on any atom is -0.351 e. The molecule has 0 aromatic heterocycles. The Balaban J connectivity index is 1.65. The van der Waals surface area contributed by atoms with E-state index in [0.29, 0.717) is 17.3 Å². The van der Waals surface area contributed by atoms with Gasteiger partial charge < -0.3 is 16.0 Å². The molecule has 0 spiro atoms. The molecule has 26 heavy (non-hydrogen) atoms. The molecule has 0 saturated carbocycles. The maximum atomic E-state index is 12.2. The minimum absolute atomic E-state index is 0.0504. The lowest BCUT2D eigenvalue weighted by molar-refractivity contribution is -0.127. The summed E-state index contributed by atoms with van der Waals surface area (Å²) in [6.07, 6.45) is 0. The fourth-order valence-electron chi connectivity index (χ4n) is 2.75. The Bertz CT molecular complexity index is 868. The van der Waals surface area contributed by atoms with E-state index in [-0.39, 0.29) is 18.0 Å². The number of rotatable bonds is 4. The fourth-order valence-corrected chi connectivity index (χ4v) is 3.09. The lowest BCUT2D eigenvalue weighted by Crippen LogP contribution is -2.30. The number of hydrogen-bond donors (Lipinski definition) is 3. The molecule has 2 aromatic rings. The minimum atomic E-state index is -0.323. The molecule has 0 aliphatic carbocycles. The molecule has 1 fully saturated rings. The molecule has 3 N–H and O–H groups in total. The van der Waals surface area contributed by atoms with Crippen molar-refractivity contribution in [3.8, 4) is 0 Å². The summed E-state index contributed by atoms with van der Waals surface area (Å²) in [7, 11) is 0. The molecule has 1 unspecified atom stereocenters. The topological polar surface area (TPSA) is 73.5 Å². The van der Waals surface area contributed by atoms with Gasteiger partial charge in [0.25, 0.3) is 5.91 Å². The van der Waals surface area contributed by atoms with Crippen molar-refractivity contribution in [2.75, 3.05) is 10.6 Å². The summed E-state index contributed by atoms with van der Waals surface area (Å²) in [5.41, 5.74) is 3.32. The molecular formula is C19H20N4O2S. The van der Waals surface area contributed by atoms with Crippen LogP contribution in [0.15, 0.2) is 48.5 Å². The molecule has 2 aromatic carbocycles. The number of anilines is 2. The van der Waals surface area contributed by atoms with Crippen molar-refractivity contribution < 1.29 is 9.59 Å². The molecule has 3 rings (SSSR count). The summed E-state index contributed by atoms with van der Waals surface area (Å²) in [5.74, 6) is -0.0504. The summed E-state index contributed by atoms with van der Waals surface area (Å²) >= 11 is 5.19. The number of benzene rings is 2. The fraction of sp³-hybridized carbons (Fsp3) is 0.211. The number of nitrogens with one attached hydrogen (secondary N) is 3. The van der Waals surface area contributed by atoms with Gasteiger partial charge in [0, 0.05) is 11.4 Å². The van der Waals surface area contributed by atoms with Crippen molar-refractivity contribution in [3.05, 3.63) is 59.7 Å². The zero-order chi connectivity index (χ0) is 18.7. The second-order valence-electron chi connectivity index (χ2n) is 6.24. The van der Waals surface area contributed by atoms with Crippen molar-refractivity contribution in [1.82, 2.24) is 10.2 Å². The molecule has 0 bridgehead atoms. The van der Waals surface area contributed by atoms with E-state index < -0.39 is 0 Å². The molecule has 0 radical (unpaired) electrons. The molecular weight excluding hydrogens is 348 g/mol. The average molecular weight is 368 g/mol. The third-order valence-electron chi connectivity index (χ3n) is 4.02. The second-order valence-corrected chi connectivity index (χ2v) is 6.63. The first-order valence-corrected chi connectivity index (χ1v) is 8.69. The number of carbonyl (C=O) groups is 2. The normalized spacial score (nSPS) is 16.4. The highest BCUT2D eigenvalue weighted by Crippen LogP contribution is 2.17. The lowest BCUT2D eigenvalue weighted by atomic mass is 10.2. The zero-order valence-corrected chi connectivity index (χ0v) is 15.4. The van der Waals surface area contributed by atoms with Gasteiger partial charge >= 0.3 is 6.03 Å². The SMILES string of the molecule is Cc1cccc(NC(=O)Nc2cccc(CN3C(=O)C(C)NC3=S)c2)c1. The van der Waals surface area contributed by atoms with Gasteiger partial charge in [-0.1, -0.05) is 24.3 Å². The molecule has 1 aliphatic rings. The van der Waals surface area contributed by atoms with E-state index in [1.54, 1.807) is 13.0 Å². The van der Waals surface area contributed by atoms with Crippen LogP contribution < -0.4 is 16.0 Å². The van der Waals surface area contributed by atoms with Crippen LogP contribution in [0.4, 0.5) is 16.2 Å². The first kappa shape index (κ1) is 17.9. The van der Waals surface area contributed by atoms with Gasteiger partial charge in [-0.3, -0.25) is 9.69 Å². The molecule has 134 valence electrons. The number of thiocarbonyl (C=S) groups is 1. The van der Waals surface area contributed by atoms with E-state index in [1.807, 2.05) is 49.4 Å². The smallest absolute Gasteiger partial charge is 0.323 e. The summed E-state index contributed by atoms with van der Waals surface area (Å²) in [6, 6.07) is 14.3. The van der Waals surface area contributed by atoms with Crippen molar-refractivity contribution in [2.24, 2.45) is 0 Å². The van der Waals surface area contributed by atoms with Crippen molar-refractivity contribution in [2.45, 2.75) is 26.4 Å². The van der Waals surface area contributed by atoms with E-state index in [2.05, 4.69) is 16.0 Å². The van der Waals surface area contributed by atoms with Gasteiger partial charge in [-0.25, -0.2) is 4.79 Å². The standard InChI is InChI=1S/C19H20N4O2S/c1-12-5-3-7-15(9-12)21-18(25)22-16-8-4-6-14(10-16)11-23-17(24)13(2)20-19(23)26/h3-10,13H,11H2,1-2H3,(H,20,26)(H2,21,22,25). The quantitative estimate of drug-likeness (QED) is 0.725. The molecule has 7 heteroatoms. The highest BCUT2D eigenvalue weighted by Gasteiger charge is 2.31. The number of nitrogens with zero attached hydrogens (tertiary/aromatic N) is 1. The molecule has 1 aliphatic heterocycles. The highest BCUT2D eigenvalue weighted by molar-refractivity contribution is 7.80. The Morgan fingerprint density at radius 2 is 1.81 bits per heavy atom. The predicted molar refractivity (Wildman–Crippen MR) is 106 cm³/mol. The Labute approximate surface area is 157 Å². The second kappa shape index (κ2) is 7.53. The number of carbonyl (C=O) groups excluding carboxylic acids is 2. The number of hydrogen-bond acceptors (Lipinski definition) is 3. The molecule has 1 saturated heterocycles. The van der Waals surface area contributed by atoms with Gasteiger partial charge in [0.1, 0.15) is 6.04 Å². The molecule has 1 heterocycles. The van der Waals surface area contributed by atoms with Gasteiger partial charge in [-0.05, 0) is 61.5 Å². The van der Waals surface area contributed by atoms with Crippen LogP contribution in [-0.4, -0.2) is 28.0 Å². The van der Waals surface area contributed by atoms with E-state index in [4.69, 9.17) is 12.2 Å². The molecule has 1 atom stereocenters. The van der Waals surface area contributed by atoms with E-state index >= 15 is 0 Å². The van der Waals surface area contributed by atoms with Gasteiger partial charge in [0.15, 0.2) is 5.11 Å². The predicted octanol–water partition coefficient (Wildman–Crippen LogP) is 3.24. The van der Waals surface area contributed by atoms with Crippen LogP contribution in [0.5, 0.6) is 0 Å². The van der Waals surface area contributed by atoms with Crippen LogP contribution in [0, 0.1) is 6.92 Å². The van der Waals surface area contributed by atoms with Crippen molar-refractivity contribution in [1.29, 1.82) is 0 Å². The summed E-state index contributed by atoms with van der Waals surface area (Å²) in [6.45, 7) is 4.11. The first-order valence-electron chi connectivity index (χ1n) is 8.28. The lowest BCUT2D eigenvalue weighted by Gasteiger charge is -2.15. The largest absolute Gasteiger partial charge is 0.351 e. The summed E-state index contributed by atoms with van der Waals surface area (Å²) in [5, 5.41) is 8.98. The van der Waals surface area contributed by atoms with Crippen LogP contribution in [0.1, 0.15) is 18.1 Å². The maximum absolute atomic E-state index is 12.2. The summed E-state index contributed by atoms with van der Waals surface area (Å²) in [4.78, 5) is 25.8. The molecule has 3 amide bonds. The van der Waals surface area contributed by atoms with E-state index in [9.17, 15) is 9.59 Å². The Hall–Kier alpha value is -2.93. The Morgan fingerprint density at radius 3 is 2.42 bits per heavy atom. The first-order chi connectivity index (χ1) is 12.4. The third kappa shape index (κ3) is 4.18. The van der Waals surface area contributed by atoms with E-state index in [0.717, 1.165) is 16.8 Å². The number of amides is 3. The zero-order valence-electron chi connectivity index (χ0n) is 14.6. The average Bonchev–Trinajstić information content (AvgIpc) is 2.81. The Kier molecular flexibility index (Phi) is 5.18. The van der Waals surface area contributed by atoms with Crippen molar-refractivity contribution >= 4 is 40.6 Å². The van der Waals surface area contributed by atoms with Crippen LogP contribution in [0.3, 0.4) is 0 Å². The summed E-state index contributed by atoms with van der Waals surface area (Å²) < 4.78 is 0. The number of aryl methyl sites for hydroxylation is 1. The number of urea groups is 1. The van der Waals surface area contributed by atoms with Crippen LogP contribution in [0.25, 0.3) is 0 Å².